The van der Waals surface area contributed by atoms with Crippen molar-refractivity contribution >= 4 is 17.6 Å². The molecule has 3 heterocycles. The lowest BCUT2D eigenvalue weighted by molar-refractivity contribution is -0.140. The van der Waals surface area contributed by atoms with Crippen molar-refractivity contribution in [1.82, 2.24) is 24.5 Å². The largest absolute Gasteiger partial charge is 0.419 e. The molecule has 1 aliphatic carbocycles. The third kappa shape index (κ3) is 4.71. The van der Waals surface area contributed by atoms with Crippen molar-refractivity contribution in [3.05, 3.63) is 53.1 Å². The Balaban J connectivity index is 1.38. The summed E-state index contributed by atoms with van der Waals surface area (Å²) in [6.45, 7) is 2.45. The summed E-state index contributed by atoms with van der Waals surface area (Å²) >= 11 is 0. The molecule has 1 aliphatic heterocycles. The number of likely N-dealkylation sites (tertiary alicyclic amines) is 1. The van der Waals surface area contributed by atoms with Crippen LogP contribution in [-0.2, 0) is 17.5 Å². The molecule has 2 aliphatic rings. The Kier molecular flexibility index (Phi) is 6.36. The number of aromatic nitrogens is 4. The van der Waals surface area contributed by atoms with Gasteiger partial charge in [-0.3, -0.25) is 14.3 Å². The van der Waals surface area contributed by atoms with Gasteiger partial charge in [0.1, 0.15) is 22.9 Å². The van der Waals surface area contributed by atoms with E-state index >= 15 is 0 Å². The summed E-state index contributed by atoms with van der Waals surface area (Å²) in [7, 11) is 0. The Morgan fingerprint density at radius 2 is 2.00 bits per heavy atom. The van der Waals surface area contributed by atoms with Crippen LogP contribution in [0, 0.1) is 23.1 Å². The average molecular weight is 544 g/mol. The van der Waals surface area contributed by atoms with Gasteiger partial charge >= 0.3 is 6.18 Å². The zero-order valence-electron chi connectivity index (χ0n) is 20.9. The summed E-state index contributed by atoms with van der Waals surface area (Å²) in [6.07, 6.45) is 0.0713. The van der Waals surface area contributed by atoms with Crippen LogP contribution in [0.5, 0.6) is 0 Å². The molecule has 9 nitrogen and oxygen atoms in total. The molecular formula is C26H25F4N7O2. The first-order valence-electron chi connectivity index (χ1n) is 12.2. The number of nitrogens with zero attached hydrogens (tertiary/aromatic N) is 5. The molecular weight excluding hydrogens is 518 g/mol. The van der Waals surface area contributed by atoms with Crippen LogP contribution in [0.25, 0.3) is 11.3 Å². The number of benzene rings is 1. The minimum Gasteiger partial charge on any atom is -0.383 e. The van der Waals surface area contributed by atoms with Crippen LogP contribution in [0.15, 0.2) is 30.6 Å². The second kappa shape index (κ2) is 9.44. The quantitative estimate of drug-likeness (QED) is 0.378. The first-order chi connectivity index (χ1) is 18.4. The lowest BCUT2D eigenvalue weighted by atomic mass is 9.65. The summed E-state index contributed by atoms with van der Waals surface area (Å²) in [5, 5.41) is 8.64. The number of carbonyl (C=O) groups is 2. The van der Waals surface area contributed by atoms with Crippen molar-refractivity contribution in [3.63, 3.8) is 0 Å². The van der Waals surface area contributed by atoms with E-state index in [0.717, 1.165) is 12.5 Å². The molecule has 5 rings (SSSR count). The van der Waals surface area contributed by atoms with Crippen molar-refractivity contribution in [2.45, 2.75) is 44.9 Å². The average Bonchev–Trinajstić information content (AvgIpc) is 3.54. The van der Waals surface area contributed by atoms with Crippen molar-refractivity contribution in [1.29, 1.82) is 0 Å². The lowest BCUT2D eigenvalue weighted by Crippen LogP contribution is -2.42. The second-order valence-corrected chi connectivity index (χ2v) is 10.0. The van der Waals surface area contributed by atoms with Crippen LogP contribution >= 0.6 is 0 Å². The number of hydrogen-bond donors (Lipinski definition) is 2. The number of anilines is 1. The molecule has 2 aromatic heterocycles. The molecule has 4 N–H and O–H groups in total. The summed E-state index contributed by atoms with van der Waals surface area (Å²) < 4.78 is 57.0. The minimum atomic E-state index is -4.88. The van der Waals surface area contributed by atoms with Gasteiger partial charge in [0.2, 0.25) is 0 Å². The van der Waals surface area contributed by atoms with E-state index in [-0.39, 0.29) is 46.5 Å². The van der Waals surface area contributed by atoms with Gasteiger partial charge in [-0.15, -0.1) is 0 Å². The van der Waals surface area contributed by atoms with Crippen LogP contribution in [0.4, 0.5) is 23.4 Å². The van der Waals surface area contributed by atoms with Crippen LogP contribution in [0.3, 0.4) is 0 Å². The van der Waals surface area contributed by atoms with Gasteiger partial charge in [0.05, 0.1) is 24.3 Å². The summed E-state index contributed by atoms with van der Waals surface area (Å²) in [4.78, 5) is 26.2. The fraction of sp³-hybridized carbons (Fsp3) is 0.385. The Morgan fingerprint density at radius 3 is 2.67 bits per heavy atom. The molecule has 0 bridgehead atoms. The second-order valence-electron chi connectivity index (χ2n) is 10.0. The molecule has 204 valence electrons. The topological polar surface area (TPSA) is 125 Å². The third-order valence-electron chi connectivity index (χ3n) is 7.46. The van der Waals surface area contributed by atoms with Gasteiger partial charge < -0.3 is 16.4 Å². The summed E-state index contributed by atoms with van der Waals surface area (Å²) in [6, 6.07) is 2.99. The standard InChI is InChI=1S/C26H25F4N7O2/c1-2-4-19(38)35-8-7-25(14-35)9-17(10-25)37-23(31)20(24(32)39)22(34-37)16-11-33-36(13-16)12-15-5-3-6-18(27)21(15)26(28,29)30/h3,5-6,11,13,17H,7-10,12,14,31H2,1H3,(H2,32,39). The number of nitrogens with two attached hydrogens (primary N) is 2. The number of alkyl halides is 3. The highest BCUT2D eigenvalue weighted by Gasteiger charge is 2.51. The van der Waals surface area contributed by atoms with E-state index < -0.39 is 23.5 Å². The predicted octanol–water partition coefficient (Wildman–Crippen LogP) is 3.21. The predicted molar refractivity (Wildman–Crippen MR) is 132 cm³/mol. The van der Waals surface area contributed by atoms with Crippen LogP contribution in [0.2, 0.25) is 0 Å². The molecule has 39 heavy (non-hydrogen) atoms. The summed E-state index contributed by atoms with van der Waals surface area (Å²) in [5.74, 6) is 2.88. The van der Waals surface area contributed by atoms with E-state index in [0.29, 0.717) is 31.5 Å². The SMILES string of the molecule is CC#CC(=O)N1CCC2(CC(n3nc(-c4cnn(Cc5cccc(F)c5C(F)(F)F)c4)c(C(N)=O)c3N)C2)C1. The van der Waals surface area contributed by atoms with Crippen molar-refractivity contribution < 1.29 is 27.2 Å². The Morgan fingerprint density at radius 1 is 1.26 bits per heavy atom. The van der Waals surface area contributed by atoms with Gasteiger partial charge in [-0.1, -0.05) is 18.1 Å². The Bertz CT molecular complexity index is 1520. The van der Waals surface area contributed by atoms with Crippen molar-refractivity contribution in [3.8, 4) is 23.1 Å². The number of halogens is 4. The number of primary amides is 1. The van der Waals surface area contributed by atoms with E-state index in [1.165, 1.54) is 29.2 Å². The van der Waals surface area contributed by atoms with E-state index in [9.17, 15) is 27.2 Å². The van der Waals surface area contributed by atoms with Gasteiger partial charge in [0.25, 0.3) is 11.8 Å². The number of hydrogen-bond acceptors (Lipinski definition) is 5. The summed E-state index contributed by atoms with van der Waals surface area (Å²) in [5.41, 5.74) is 10.6. The van der Waals surface area contributed by atoms with E-state index in [2.05, 4.69) is 22.0 Å². The highest BCUT2D eigenvalue weighted by atomic mass is 19.4. The highest BCUT2D eigenvalue weighted by molar-refractivity contribution is 6.03. The maximum absolute atomic E-state index is 14.0. The molecule has 0 unspecified atom stereocenters. The van der Waals surface area contributed by atoms with Gasteiger partial charge in [0, 0.05) is 24.8 Å². The molecule has 2 fully saturated rings. The zero-order valence-corrected chi connectivity index (χ0v) is 20.9. The normalized spacial score (nSPS) is 20.5. The van der Waals surface area contributed by atoms with Crippen molar-refractivity contribution in [2.24, 2.45) is 11.1 Å². The van der Waals surface area contributed by atoms with E-state index in [1.54, 1.807) is 16.5 Å². The molecule has 0 radical (unpaired) electrons. The van der Waals surface area contributed by atoms with Gasteiger partial charge in [-0.25, -0.2) is 9.07 Å². The number of carbonyl (C=O) groups excluding carboxylic acids is 2. The Labute approximate surface area is 220 Å². The maximum atomic E-state index is 14.0. The lowest BCUT2D eigenvalue weighted by Gasteiger charge is -2.45. The first kappa shape index (κ1) is 26.3. The smallest absolute Gasteiger partial charge is 0.383 e. The van der Waals surface area contributed by atoms with Gasteiger partial charge in [0.15, 0.2) is 0 Å². The number of nitrogen functional groups attached to an aromatic ring is 1. The number of amides is 2. The van der Waals surface area contributed by atoms with Crippen LogP contribution < -0.4 is 11.5 Å². The molecule has 1 saturated carbocycles. The molecule has 1 aromatic carbocycles. The van der Waals surface area contributed by atoms with E-state index in [4.69, 9.17) is 11.5 Å². The molecule has 1 saturated heterocycles. The molecule has 3 aromatic rings. The van der Waals surface area contributed by atoms with Crippen LogP contribution in [0.1, 0.15) is 53.7 Å². The molecule has 0 atom stereocenters. The Hall–Kier alpha value is -4.34. The van der Waals surface area contributed by atoms with Crippen LogP contribution in [-0.4, -0.2) is 49.4 Å². The van der Waals surface area contributed by atoms with Crippen molar-refractivity contribution in [2.75, 3.05) is 18.8 Å². The highest BCUT2D eigenvalue weighted by Crippen LogP contribution is 2.54. The molecule has 1 spiro atoms. The molecule has 13 heteroatoms. The van der Waals surface area contributed by atoms with E-state index in [1.807, 2.05) is 0 Å². The minimum absolute atomic E-state index is 0.0151. The first-order valence-corrected chi connectivity index (χ1v) is 12.2. The van der Waals surface area contributed by atoms with Gasteiger partial charge in [-0.05, 0) is 49.2 Å². The number of rotatable bonds is 5. The fourth-order valence-corrected chi connectivity index (χ4v) is 5.68. The monoisotopic (exact) mass is 543 g/mol. The van der Waals surface area contributed by atoms with Gasteiger partial charge in [-0.2, -0.15) is 23.4 Å². The fourth-order valence-electron chi connectivity index (χ4n) is 5.68. The third-order valence-corrected chi connectivity index (χ3v) is 7.46. The zero-order chi connectivity index (χ0) is 28.1. The molecule has 2 amide bonds. The maximum Gasteiger partial charge on any atom is 0.419 e.